The van der Waals surface area contributed by atoms with Gasteiger partial charge >= 0.3 is 0 Å². The summed E-state index contributed by atoms with van der Waals surface area (Å²) < 4.78 is 11.8. The molecule has 0 aromatic heterocycles. The smallest absolute Gasteiger partial charge is 0.257 e. The fourth-order valence-electron chi connectivity index (χ4n) is 3.89. The standard InChI is InChI=1S/C22H26N2O3/c1-23-11-18-12-24(13-19(23)16-26-14-18)22(25)20-9-5-6-10-21(20)27-15-17-7-3-2-4-8-17/h2-10,18-19H,11-16H2,1H3/t18-,19+/m1/s1. The fraction of sp³-hybridized carbons (Fsp3) is 0.409. The van der Waals surface area contributed by atoms with E-state index in [4.69, 9.17) is 9.47 Å². The molecule has 2 aromatic rings. The van der Waals surface area contributed by atoms with Crippen LogP contribution in [-0.2, 0) is 11.3 Å². The Bertz CT molecular complexity index is 780. The number of likely N-dealkylation sites (N-methyl/N-ethyl adjacent to an activating group) is 1. The lowest BCUT2D eigenvalue weighted by molar-refractivity contribution is 0.0431. The Labute approximate surface area is 160 Å². The van der Waals surface area contributed by atoms with Crippen LogP contribution in [0.2, 0.25) is 0 Å². The summed E-state index contributed by atoms with van der Waals surface area (Å²) >= 11 is 0. The molecule has 1 amide bonds. The van der Waals surface area contributed by atoms with Crippen molar-refractivity contribution < 1.29 is 14.3 Å². The lowest BCUT2D eigenvalue weighted by Crippen LogP contribution is -2.44. The lowest BCUT2D eigenvalue weighted by Gasteiger charge is -2.30. The summed E-state index contributed by atoms with van der Waals surface area (Å²) in [5.41, 5.74) is 1.72. The van der Waals surface area contributed by atoms with Gasteiger partial charge in [0.05, 0.1) is 24.8 Å². The van der Waals surface area contributed by atoms with Crippen molar-refractivity contribution in [2.45, 2.75) is 12.6 Å². The first-order valence-corrected chi connectivity index (χ1v) is 9.53. The van der Waals surface area contributed by atoms with Crippen molar-refractivity contribution >= 4 is 5.91 Å². The van der Waals surface area contributed by atoms with Crippen molar-refractivity contribution in [3.05, 3.63) is 65.7 Å². The molecule has 27 heavy (non-hydrogen) atoms. The van der Waals surface area contributed by atoms with Crippen LogP contribution in [0.5, 0.6) is 5.75 Å². The van der Waals surface area contributed by atoms with Gasteiger partial charge in [-0.1, -0.05) is 42.5 Å². The third-order valence-corrected chi connectivity index (χ3v) is 5.38. The molecule has 0 saturated carbocycles. The van der Waals surface area contributed by atoms with Gasteiger partial charge in [0.15, 0.2) is 0 Å². The SMILES string of the molecule is CN1C[C@H]2COC[C@@H]1CN(C(=O)c1ccccc1OCc1ccccc1)C2. The Hall–Kier alpha value is -2.37. The van der Waals surface area contributed by atoms with Crippen molar-refractivity contribution in [2.24, 2.45) is 5.92 Å². The lowest BCUT2D eigenvalue weighted by atomic mass is 10.1. The zero-order valence-corrected chi connectivity index (χ0v) is 15.7. The van der Waals surface area contributed by atoms with E-state index in [0.29, 0.717) is 37.0 Å². The second-order valence-corrected chi connectivity index (χ2v) is 7.48. The summed E-state index contributed by atoms with van der Waals surface area (Å²) in [5, 5.41) is 0. The molecule has 2 saturated heterocycles. The highest BCUT2D eigenvalue weighted by atomic mass is 16.5. The zero-order chi connectivity index (χ0) is 18.6. The van der Waals surface area contributed by atoms with Gasteiger partial charge in [0.25, 0.3) is 5.91 Å². The monoisotopic (exact) mass is 366 g/mol. The predicted molar refractivity (Wildman–Crippen MR) is 104 cm³/mol. The van der Waals surface area contributed by atoms with Crippen LogP contribution in [0.15, 0.2) is 54.6 Å². The molecule has 0 radical (unpaired) electrons. The molecule has 2 bridgehead atoms. The molecule has 2 atom stereocenters. The summed E-state index contributed by atoms with van der Waals surface area (Å²) in [6, 6.07) is 17.8. The summed E-state index contributed by atoms with van der Waals surface area (Å²) in [6.45, 7) is 4.25. The molecule has 2 aliphatic heterocycles. The van der Waals surface area contributed by atoms with Gasteiger partial charge < -0.3 is 14.4 Å². The number of carbonyl (C=O) groups is 1. The Balaban J connectivity index is 1.52. The number of benzene rings is 2. The van der Waals surface area contributed by atoms with E-state index in [2.05, 4.69) is 11.9 Å². The number of ether oxygens (including phenoxy) is 2. The number of rotatable bonds is 4. The molecule has 2 aromatic carbocycles. The van der Waals surface area contributed by atoms with E-state index < -0.39 is 0 Å². The van der Waals surface area contributed by atoms with Gasteiger partial charge in [-0.15, -0.1) is 0 Å². The summed E-state index contributed by atoms with van der Waals surface area (Å²) in [6.07, 6.45) is 0. The van der Waals surface area contributed by atoms with E-state index >= 15 is 0 Å². The first-order valence-electron chi connectivity index (χ1n) is 9.53. The second-order valence-electron chi connectivity index (χ2n) is 7.48. The van der Waals surface area contributed by atoms with Crippen LogP contribution in [0.4, 0.5) is 0 Å². The van der Waals surface area contributed by atoms with E-state index in [1.165, 1.54) is 0 Å². The van der Waals surface area contributed by atoms with Crippen LogP contribution >= 0.6 is 0 Å². The van der Waals surface area contributed by atoms with Gasteiger partial charge in [0.1, 0.15) is 12.4 Å². The number of hydrogen-bond acceptors (Lipinski definition) is 4. The second kappa shape index (κ2) is 8.11. The molecular formula is C22H26N2O3. The number of para-hydroxylation sites is 1. The van der Waals surface area contributed by atoms with Gasteiger partial charge in [-0.2, -0.15) is 0 Å². The van der Waals surface area contributed by atoms with Crippen LogP contribution in [0.1, 0.15) is 15.9 Å². The van der Waals surface area contributed by atoms with Crippen molar-refractivity contribution in [3.63, 3.8) is 0 Å². The van der Waals surface area contributed by atoms with Gasteiger partial charge in [-0.05, 0) is 24.7 Å². The van der Waals surface area contributed by atoms with Crippen LogP contribution < -0.4 is 4.74 Å². The molecule has 0 unspecified atom stereocenters. The molecule has 0 N–H and O–H groups in total. The van der Waals surface area contributed by atoms with Crippen molar-refractivity contribution in [1.29, 1.82) is 0 Å². The third kappa shape index (κ3) is 4.15. The third-order valence-electron chi connectivity index (χ3n) is 5.38. The van der Waals surface area contributed by atoms with E-state index in [1.54, 1.807) is 0 Å². The average Bonchev–Trinajstić information content (AvgIpc) is 2.95. The Morgan fingerprint density at radius 3 is 2.67 bits per heavy atom. The zero-order valence-electron chi connectivity index (χ0n) is 15.7. The molecule has 2 aliphatic rings. The fourth-order valence-corrected chi connectivity index (χ4v) is 3.89. The Morgan fingerprint density at radius 2 is 1.81 bits per heavy atom. The summed E-state index contributed by atoms with van der Waals surface area (Å²) in [4.78, 5) is 17.6. The predicted octanol–water partition coefficient (Wildman–Crippen LogP) is 2.67. The highest BCUT2D eigenvalue weighted by molar-refractivity contribution is 5.97. The van der Waals surface area contributed by atoms with Crippen molar-refractivity contribution in [1.82, 2.24) is 9.80 Å². The molecule has 0 aliphatic carbocycles. The molecule has 5 nitrogen and oxygen atoms in total. The quantitative estimate of drug-likeness (QED) is 0.834. The molecule has 0 spiro atoms. The largest absolute Gasteiger partial charge is 0.488 e. The van der Waals surface area contributed by atoms with Crippen LogP contribution in [-0.4, -0.2) is 61.6 Å². The highest BCUT2D eigenvalue weighted by Crippen LogP contribution is 2.25. The van der Waals surface area contributed by atoms with Crippen LogP contribution in [0.3, 0.4) is 0 Å². The van der Waals surface area contributed by atoms with Crippen molar-refractivity contribution in [3.8, 4) is 5.75 Å². The maximum Gasteiger partial charge on any atom is 0.257 e. The number of nitrogens with zero attached hydrogens (tertiary/aromatic N) is 2. The van der Waals surface area contributed by atoms with E-state index in [0.717, 1.165) is 25.3 Å². The Morgan fingerprint density at radius 1 is 1.04 bits per heavy atom. The molecule has 2 heterocycles. The van der Waals surface area contributed by atoms with E-state index in [1.807, 2.05) is 59.5 Å². The normalized spacial score (nSPS) is 22.9. The summed E-state index contributed by atoms with van der Waals surface area (Å²) in [5.74, 6) is 1.04. The minimum Gasteiger partial charge on any atom is -0.488 e. The van der Waals surface area contributed by atoms with Gasteiger partial charge in [-0.3, -0.25) is 9.69 Å². The minimum atomic E-state index is 0.0471. The number of hydrogen-bond donors (Lipinski definition) is 0. The minimum absolute atomic E-state index is 0.0471. The highest BCUT2D eigenvalue weighted by Gasteiger charge is 2.34. The maximum atomic E-state index is 13.3. The molecule has 5 heteroatoms. The maximum absolute atomic E-state index is 13.3. The molecule has 142 valence electrons. The first kappa shape index (κ1) is 18.0. The summed E-state index contributed by atoms with van der Waals surface area (Å²) in [7, 11) is 2.12. The first-order chi connectivity index (χ1) is 13.2. The molecule has 2 fully saturated rings. The van der Waals surface area contributed by atoms with Crippen molar-refractivity contribution in [2.75, 3.05) is 39.9 Å². The van der Waals surface area contributed by atoms with E-state index in [-0.39, 0.29) is 11.9 Å². The topological polar surface area (TPSA) is 42.0 Å². The van der Waals surface area contributed by atoms with Crippen LogP contribution in [0.25, 0.3) is 0 Å². The Kier molecular flexibility index (Phi) is 5.41. The number of fused-ring (bicyclic) bond motifs is 3. The van der Waals surface area contributed by atoms with Gasteiger partial charge in [0.2, 0.25) is 0 Å². The molecule has 4 rings (SSSR count). The van der Waals surface area contributed by atoms with Gasteiger partial charge in [-0.25, -0.2) is 0 Å². The number of amides is 1. The average molecular weight is 366 g/mol. The van der Waals surface area contributed by atoms with Gasteiger partial charge in [0, 0.05) is 25.6 Å². The molecular weight excluding hydrogens is 340 g/mol. The van der Waals surface area contributed by atoms with Crippen LogP contribution in [0, 0.1) is 5.92 Å². The van der Waals surface area contributed by atoms with E-state index in [9.17, 15) is 4.79 Å². The number of carbonyl (C=O) groups excluding carboxylic acids is 1.